The van der Waals surface area contributed by atoms with Crippen LogP contribution < -0.4 is 5.32 Å². The Morgan fingerprint density at radius 2 is 0.881 bits per heavy atom. The molecule has 0 saturated carbocycles. The topological polar surface area (TPSA) is 21.9 Å². The third kappa shape index (κ3) is 4.27. The Bertz CT molecular complexity index is 3500. The van der Waals surface area contributed by atoms with Gasteiger partial charge in [0, 0.05) is 49.7 Å². The molecule has 11 aromatic rings. The summed E-state index contributed by atoms with van der Waals surface area (Å²) in [6.07, 6.45) is 0. The minimum absolute atomic E-state index is 0.579. The van der Waals surface area contributed by atoms with Crippen molar-refractivity contribution in [3.8, 4) is 33.6 Å². The predicted octanol–water partition coefficient (Wildman–Crippen LogP) is 14.6. The van der Waals surface area contributed by atoms with Gasteiger partial charge in [-0.15, -0.1) is 0 Å². The van der Waals surface area contributed by atoms with E-state index in [4.69, 9.17) is 11.6 Å². The van der Waals surface area contributed by atoms with E-state index < -0.39 is 5.41 Å². The van der Waals surface area contributed by atoms with Gasteiger partial charge in [-0.05, 0) is 94.0 Å². The molecule has 0 radical (unpaired) electrons. The molecule has 2 aromatic heterocycles. The van der Waals surface area contributed by atoms with Gasteiger partial charge in [-0.25, -0.2) is 0 Å². The minimum atomic E-state index is -0.579. The van der Waals surface area contributed by atoms with E-state index in [0.29, 0.717) is 5.02 Å². The van der Waals surface area contributed by atoms with Crippen molar-refractivity contribution < 1.29 is 0 Å². The van der Waals surface area contributed by atoms with Crippen molar-refractivity contribution in [3.05, 3.63) is 227 Å². The molecule has 13 rings (SSSR count). The first-order valence-electron chi connectivity index (χ1n) is 20.2. The number of benzene rings is 9. The number of rotatable bonds is 4. The molecule has 1 unspecified atom stereocenters. The van der Waals surface area contributed by atoms with E-state index in [2.05, 4.69) is 190 Å². The molecule has 276 valence electrons. The maximum atomic E-state index is 6.78. The molecule has 0 aliphatic heterocycles. The Hall–Kier alpha value is -7.33. The summed E-state index contributed by atoms with van der Waals surface area (Å²) in [7, 11) is 0. The number of anilines is 2. The summed E-state index contributed by atoms with van der Waals surface area (Å²) in [5.41, 5.74) is 18.6. The lowest BCUT2D eigenvalue weighted by Crippen LogP contribution is -2.26. The average molecular weight is 772 g/mol. The second kappa shape index (κ2) is 12.1. The third-order valence-corrected chi connectivity index (χ3v) is 13.3. The summed E-state index contributed by atoms with van der Waals surface area (Å²) in [4.78, 5) is 0. The van der Waals surface area contributed by atoms with Crippen LogP contribution in [-0.2, 0) is 5.41 Å². The van der Waals surface area contributed by atoms with E-state index in [1.54, 1.807) is 0 Å². The van der Waals surface area contributed by atoms with Crippen LogP contribution >= 0.6 is 11.6 Å². The Morgan fingerprint density at radius 1 is 0.373 bits per heavy atom. The molecule has 2 aliphatic rings. The monoisotopic (exact) mass is 771 g/mol. The molecule has 1 spiro atoms. The van der Waals surface area contributed by atoms with Gasteiger partial charge in [0.05, 0.1) is 38.2 Å². The maximum Gasteiger partial charge on any atom is 0.0747 e. The number of nitrogens with zero attached hydrogens (tertiary/aromatic N) is 2. The van der Waals surface area contributed by atoms with E-state index in [1.807, 2.05) is 24.3 Å². The van der Waals surface area contributed by atoms with Crippen LogP contribution in [0.3, 0.4) is 0 Å². The zero-order chi connectivity index (χ0) is 38.8. The standard InChI is InChI=1S/C55H34ClN3/c56-46-22-8-9-23-47(46)57-48-24-13-21-45-52(48)42-18-2-7-20-44(42)55(45)43-19-6-1-14-36(43)40-32-33-41-39-17-5-12-27-51(39)59(54(41)53(40)55)35-30-28-34(29-31-35)58-49-25-10-3-15-37(49)38-16-4-11-26-50(38)58/h1-33,57H. The molecule has 3 nitrogen and oxygen atoms in total. The second-order valence-corrected chi connectivity index (χ2v) is 16.2. The number of nitrogens with one attached hydrogen (secondary N) is 1. The van der Waals surface area contributed by atoms with Crippen molar-refractivity contribution in [1.29, 1.82) is 0 Å². The molecule has 2 aliphatic carbocycles. The highest BCUT2D eigenvalue weighted by atomic mass is 35.5. The van der Waals surface area contributed by atoms with E-state index in [1.165, 1.54) is 88.1 Å². The lowest BCUT2D eigenvalue weighted by Gasteiger charge is -2.31. The van der Waals surface area contributed by atoms with E-state index in [0.717, 1.165) is 22.7 Å². The van der Waals surface area contributed by atoms with Crippen LogP contribution in [0.25, 0.3) is 77.2 Å². The summed E-state index contributed by atoms with van der Waals surface area (Å²) in [5.74, 6) is 0. The van der Waals surface area contributed by atoms with Crippen molar-refractivity contribution >= 4 is 66.6 Å². The first-order valence-corrected chi connectivity index (χ1v) is 20.6. The fourth-order valence-corrected chi connectivity index (χ4v) is 10.9. The van der Waals surface area contributed by atoms with Crippen LogP contribution in [0.2, 0.25) is 5.02 Å². The predicted molar refractivity (Wildman–Crippen MR) is 246 cm³/mol. The van der Waals surface area contributed by atoms with E-state index >= 15 is 0 Å². The van der Waals surface area contributed by atoms with E-state index in [-0.39, 0.29) is 0 Å². The second-order valence-electron chi connectivity index (χ2n) is 15.8. The molecular weight excluding hydrogens is 738 g/mol. The highest BCUT2D eigenvalue weighted by Crippen LogP contribution is 2.65. The van der Waals surface area contributed by atoms with Crippen LogP contribution in [0.1, 0.15) is 22.3 Å². The van der Waals surface area contributed by atoms with Crippen molar-refractivity contribution in [1.82, 2.24) is 9.13 Å². The zero-order valence-corrected chi connectivity index (χ0v) is 32.6. The fraction of sp³-hybridized carbons (Fsp3) is 0.0182. The fourth-order valence-electron chi connectivity index (χ4n) is 10.8. The first-order chi connectivity index (χ1) is 29.2. The SMILES string of the molecule is Clc1ccccc1Nc1cccc2c1-c1ccccc1C21c2ccccc2-c2ccc3c4ccccc4n(-c4ccc(-n5c6ccccc6c6ccccc65)cc4)c3c21. The van der Waals surface area contributed by atoms with Gasteiger partial charge in [-0.2, -0.15) is 0 Å². The highest BCUT2D eigenvalue weighted by molar-refractivity contribution is 6.33. The number of halogens is 1. The number of hydrogen-bond donors (Lipinski definition) is 1. The molecule has 1 atom stereocenters. The quantitative estimate of drug-likeness (QED) is 0.189. The summed E-state index contributed by atoms with van der Waals surface area (Å²) >= 11 is 6.78. The zero-order valence-electron chi connectivity index (χ0n) is 31.8. The van der Waals surface area contributed by atoms with Crippen molar-refractivity contribution in [2.24, 2.45) is 0 Å². The van der Waals surface area contributed by atoms with Crippen molar-refractivity contribution in [3.63, 3.8) is 0 Å². The Balaban J connectivity index is 1.11. The van der Waals surface area contributed by atoms with Crippen molar-refractivity contribution in [2.75, 3.05) is 5.32 Å². The molecule has 2 heterocycles. The highest BCUT2D eigenvalue weighted by Gasteiger charge is 2.53. The molecular formula is C55H34ClN3. The van der Waals surface area contributed by atoms with Gasteiger partial charge in [0.15, 0.2) is 0 Å². The summed E-state index contributed by atoms with van der Waals surface area (Å²) in [6, 6.07) is 73.1. The Morgan fingerprint density at radius 3 is 1.58 bits per heavy atom. The van der Waals surface area contributed by atoms with Crippen LogP contribution in [0.5, 0.6) is 0 Å². The molecule has 0 saturated heterocycles. The van der Waals surface area contributed by atoms with Gasteiger partial charge in [0.2, 0.25) is 0 Å². The lowest BCUT2D eigenvalue weighted by molar-refractivity contribution is 0.797. The van der Waals surface area contributed by atoms with Crippen molar-refractivity contribution in [2.45, 2.75) is 5.41 Å². The third-order valence-electron chi connectivity index (χ3n) is 13.0. The van der Waals surface area contributed by atoms with Crippen LogP contribution in [0, 0.1) is 0 Å². The van der Waals surface area contributed by atoms with Crippen LogP contribution in [0.15, 0.2) is 200 Å². The number of aromatic nitrogens is 2. The van der Waals surface area contributed by atoms with E-state index in [9.17, 15) is 0 Å². The van der Waals surface area contributed by atoms with Gasteiger partial charge in [-0.3, -0.25) is 0 Å². The molecule has 9 aromatic carbocycles. The van der Waals surface area contributed by atoms with Gasteiger partial charge >= 0.3 is 0 Å². The van der Waals surface area contributed by atoms with Gasteiger partial charge in [-0.1, -0.05) is 151 Å². The minimum Gasteiger partial charge on any atom is -0.354 e. The molecule has 0 fully saturated rings. The summed E-state index contributed by atoms with van der Waals surface area (Å²) < 4.78 is 4.92. The van der Waals surface area contributed by atoms with Gasteiger partial charge in [0.25, 0.3) is 0 Å². The number of hydrogen-bond acceptors (Lipinski definition) is 1. The normalized spacial score (nSPS) is 14.9. The van der Waals surface area contributed by atoms with Gasteiger partial charge in [0.1, 0.15) is 0 Å². The van der Waals surface area contributed by atoms with Crippen LogP contribution in [0.4, 0.5) is 11.4 Å². The van der Waals surface area contributed by atoms with Gasteiger partial charge < -0.3 is 14.5 Å². The number of para-hydroxylation sites is 4. The largest absolute Gasteiger partial charge is 0.354 e. The lowest BCUT2D eigenvalue weighted by atomic mass is 9.70. The average Bonchev–Trinajstić information content (AvgIpc) is 4.00. The maximum absolute atomic E-state index is 6.78. The smallest absolute Gasteiger partial charge is 0.0747 e. The molecule has 0 amide bonds. The first kappa shape index (κ1) is 32.7. The Kier molecular flexibility index (Phi) is 6.71. The summed E-state index contributed by atoms with van der Waals surface area (Å²) in [5, 5.41) is 9.46. The number of fused-ring (bicyclic) bond motifs is 17. The molecule has 4 heteroatoms. The molecule has 1 N–H and O–H groups in total. The molecule has 0 bridgehead atoms. The van der Waals surface area contributed by atoms with Crippen LogP contribution in [-0.4, -0.2) is 9.13 Å². The Labute approximate surface area is 346 Å². The molecule has 59 heavy (non-hydrogen) atoms. The summed E-state index contributed by atoms with van der Waals surface area (Å²) in [6.45, 7) is 0.